The minimum atomic E-state index is 0.879. The van der Waals surface area contributed by atoms with E-state index < -0.39 is 0 Å². The van der Waals surface area contributed by atoms with Gasteiger partial charge in [-0.1, -0.05) is 36.4 Å². The van der Waals surface area contributed by atoms with E-state index in [9.17, 15) is 0 Å². The maximum absolute atomic E-state index is 4.37. The van der Waals surface area contributed by atoms with Gasteiger partial charge in [-0.05, 0) is 46.2 Å². The molecule has 0 N–H and O–H groups in total. The molecule has 0 aliphatic carbocycles. The summed E-state index contributed by atoms with van der Waals surface area (Å²) in [6.07, 6.45) is 2.03. The third-order valence-electron chi connectivity index (χ3n) is 3.38. The summed E-state index contributed by atoms with van der Waals surface area (Å²) in [5.74, 6) is 0.879. The maximum Gasteiger partial charge on any atom is 0.168 e. The minimum Gasteiger partial charge on any atom is -0.282 e. The summed E-state index contributed by atoms with van der Waals surface area (Å²) in [5, 5.41) is 11.0. The third kappa shape index (κ3) is 1.79. The predicted molar refractivity (Wildman–Crippen MR) is 88.6 cm³/mol. The van der Waals surface area contributed by atoms with Crippen LogP contribution in [0.1, 0.15) is 0 Å². The number of fused-ring (bicyclic) bond motifs is 3. The SMILES string of the molecule is Ic1cccc(-c2nnc3c4ccccc4ccn23)c1. The van der Waals surface area contributed by atoms with Crippen LogP contribution >= 0.6 is 22.6 Å². The van der Waals surface area contributed by atoms with E-state index in [2.05, 4.69) is 69.2 Å². The Labute approximate surface area is 129 Å². The predicted octanol–water partition coefficient (Wildman–Crippen LogP) is 4.15. The van der Waals surface area contributed by atoms with Gasteiger partial charge in [0.15, 0.2) is 11.5 Å². The van der Waals surface area contributed by atoms with E-state index in [0.29, 0.717) is 0 Å². The van der Waals surface area contributed by atoms with Crippen LogP contribution in [-0.4, -0.2) is 14.6 Å². The van der Waals surface area contributed by atoms with Crippen molar-refractivity contribution in [3.63, 3.8) is 0 Å². The highest BCUT2D eigenvalue weighted by molar-refractivity contribution is 14.1. The van der Waals surface area contributed by atoms with E-state index in [4.69, 9.17) is 0 Å². The average Bonchev–Trinajstić information content (AvgIpc) is 2.91. The van der Waals surface area contributed by atoms with Gasteiger partial charge >= 0.3 is 0 Å². The highest BCUT2D eigenvalue weighted by Crippen LogP contribution is 2.24. The van der Waals surface area contributed by atoms with Crippen molar-refractivity contribution in [1.82, 2.24) is 14.6 Å². The molecule has 0 unspecified atom stereocenters. The average molecular weight is 371 g/mol. The van der Waals surface area contributed by atoms with Crippen molar-refractivity contribution in [2.45, 2.75) is 0 Å². The molecule has 0 saturated heterocycles. The normalized spacial score (nSPS) is 11.2. The number of hydrogen-bond acceptors (Lipinski definition) is 2. The lowest BCUT2D eigenvalue weighted by Gasteiger charge is -2.03. The molecule has 4 heteroatoms. The molecule has 0 aliphatic rings. The van der Waals surface area contributed by atoms with Gasteiger partial charge in [0, 0.05) is 20.7 Å². The van der Waals surface area contributed by atoms with Gasteiger partial charge in [0.1, 0.15) is 0 Å². The fourth-order valence-electron chi connectivity index (χ4n) is 2.44. The van der Waals surface area contributed by atoms with Crippen LogP contribution in [0.3, 0.4) is 0 Å². The molecular weight excluding hydrogens is 361 g/mol. The van der Waals surface area contributed by atoms with Gasteiger partial charge in [0.05, 0.1) is 0 Å². The smallest absolute Gasteiger partial charge is 0.168 e. The van der Waals surface area contributed by atoms with Crippen molar-refractivity contribution in [2.75, 3.05) is 0 Å². The summed E-state index contributed by atoms with van der Waals surface area (Å²) in [7, 11) is 0. The van der Waals surface area contributed by atoms with E-state index in [-0.39, 0.29) is 0 Å². The Morgan fingerprint density at radius 1 is 0.900 bits per heavy atom. The molecule has 96 valence electrons. The van der Waals surface area contributed by atoms with Crippen molar-refractivity contribution in [3.05, 3.63) is 64.4 Å². The molecule has 2 heterocycles. The number of halogens is 1. The summed E-state index contributed by atoms with van der Waals surface area (Å²) in [4.78, 5) is 0. The molecule has 3 nitrogen and oxygen atoms in total. The molecule has 0 amide bonds. The zero-order chi connectivity index (χ0) is 13.5. The first-order chi connectivity index (χ1) is 9.83. The third-order valence-corrected chi connectivity index (χ3v) is 4.05. The molecule has 4 aromatic rings. The summed E-state index contributed by atoms with van der Waals surface area (Å²) < 4.78 is 3.24. The Morgan fingerprint density at radius 3 is 2.70 bits per heavy atom. The van der Waals surface area contributed by atoms with Gasteiger partial charge in [-0.2, -0.15) is 0 Å². The minimum absolute atomic E-state index is 0.879. The fourth-order valence-corrected chi connectivity index (χ4v) is 2.98. The summed E-state index contributed by atoms with van der Waals surface area (Å²) in [5.41, 5.74) is 1.98. The van der Waals surface area contributed by atoms with Crippen LogP contribution in [0.4, 0.5) is 0 Å². The molecule has 0 bridgehead atoms. The lowest BCUT2D eigenvalue weighted by Crippen LogP contribution is -1.90. The largest absolute Gasteiger partial charge is 0.282 e. The van der Waals surface area contributed by atoms with Crippen molar-refractivity contribution in [2.24, 2.45) is 0 Å². The lowest BCUT2D eigenvalue weighted by atomic mass is 10.1. The second-order valence-corrected chi connectivity index (χ2v) is 5.88. The highest BCUT2D eigenvalue weighted by Gasteiger charge is 2.10. The van der Waals surface area contributed by atoms with E-state index in [1.54, 1.807) is 0 Å². The van der Waals surface area contributed by atoms with Crippen molar-refractivity contribution >= 4 is 39.0 Å². The van der Waals surface area contributed by atoms with Crippen LogP contribution in [0.15, 0.2) is 60.8 Å². The van der Waals surface area contributed by atoms with Crippen LogP contribution in [0.2, 0.25) is 0 Å². The van der Waals surface area contributed by atoms with Crippen LogP contribution in [0, 0.1) is 3.57 Å². The van der Waals surface area contributed by atoms with E-state index in [0.717, 1.165) is 22.4 Å². The molecule has 0 spiro atoms. The standard InChI is InChI=1S/C16H10IN3/c17-13-6-3-5-12(10-13)15-18-19-16-14-7-2-1-4-11(14)8-9-20(15)16/h1-10H. The molecule has 2 aromatic carbocycles. The van der Waals surface area contributed by atoms with Crippen molar-refractivity contribution < 1.29 is 0 Å². The second kappa shape index (κ2) is 4.56. The summed E-state index contributed by atoms with van der Waals surface area (Å²) in [6.45, 7) is 0. The Morgan fingerprint density at radius 2 is 1.80 bits per heavy atom. The number of aromatic nitrogens is 3. The Bertz CT molecular complexity index is 927. The van der Waals surface area contributed by atoms with Crippen LogP contribution in [0.5, 0.6) is 0 Å². The van der Waals surface area contributed by atoms with Crippen LogP contribution < -0.4 is 0 Å². The Kier molecular flexibility index (Phi) is 2.70. The monoisotopic (exact) mass is 371 g/mol. The fraction of sp³-hybridized carbons (Fsp3) is 0. The van der Waals surface area contributed by atoms with Gasteiger partial charge in [-0.25, -0.2) is 0 Å². The molecule has 4 rings (SSSR count). The molecule has 0 aliphatic heterocycles. The molecule has 0 radical (unpaired) electrons. The van der Waals surface area contributed by atoms with E-state index in [1.165, 1.54) is 8.96 Å². The van der Waals surface area contributed by atoms with Crippen molar-refractivity contribution in [1.29, 1.82) is 0 Å². The van der Waals surface area contributed by atoms with Gasteiger partial charge in [-0.15, -0.1) is 10.2 Å². The molecular formula is C16H10IN3. The maximum atomic E-state index is 4.37. The zero-order valence-corrected chi connectivity index (χ0v) is 12.7. The van der Waals surface area contributed by atoms with Crippen molar-refractivity contribution in [3.8, 4) is 11.4 Å². The quantitative estimate of drug-likeness (QED) is 0.471. The molecule has 0 saturated carbocycles. The number of rotatable bonds is 1. The molecule has 2 aromatic heterocycles. The number of hydrogen-bond donors (Lipinski definition) is 0. The topological polar surface area (TPSA) is 30.2 Å². The van der Waals surface area contributed by atoms with Crippen LogP contribution in [-0.2, 0) is 0 Å². The van der Waals surface area contributed by atoms with Crippen LogP contribution in [0.25, 0.3) is 27.8 Å². The molecule has 0 atom stereocenters. The Balaban J connectivity index is 2.05. The number of pyridine rings is 1. The second-order valence-electron chi connectivity index (χ2n) is 4.63. The highest BCUT2D eigenvalue weighted by atomic mass is 127. The number of benzene rings is 2. The lowest BCUT2D eigenvalue weighted by molar-refractivity contribution is 1.11. The first kappa shape index (κ1) is 11.8. The zero-order valence-electron chi connectivity index (χ0n) is 10.5. The first-order valence-corrected chi connectivity index (χ1v) is 7.39. The number of nitrogens with zero attached hydrogens (tertiary/aromatic N) is 3. The van der Waals surface area contributed by atoms with Gasteiger partial charge in [0.25, 0.3) is 0 Å². The molecule has 0 fully saturated rings. The summed E-state index contributed by atoms with van der Waals surface area (Å²) in [6, 6.07) is 18.6. The van der Waals surface area contributed by atoms with E-state index >= 15 is 0 Å². The first-order valence-electron chi connectivity index (χ1n) is 6.31. The van der Waals surface area contributed by atoms with Gasteiger partial charge < -0.3 is 0 Å². The molecule has 20 heavy (non-hydrogen) atoms. The summed E-state index contributed by atoms with van der Waals surface area (Å²) >= 11 is 2.31. The van der Waals surface area contributed by atoms with E-state index in [1.807, 2.05) is 28.8 Å². The van der Waals surface area contributed by atoms with Gasteiger partial charge in [0.2, 0.25) is 0 Å². The van der Waals surface area contributed by atoms with Gasteiger partial charge in [-0.3, -0.25) is 4.40 Å². The Hall–Kier alpha value is -1.95.